The number of carbonyl (C=O) groups excluding carboxylic acids is 3. The molecule has 3 saturated heterocycles. The lowest BCUT2D eigenvalue weighted by molar-refractivity contribution is -0.151. The summed E-state index contributed by atoms with van der Waals surface area (Å²) in [7, 11) is 1.70. The van der Waals surface area contributed by atoms with Gasteiger partial charge in [-0.15, -0.1) is 13.2 Å². The molecule has 0 aliphatic carbocycles. The van der Waals surface area contributed by atoms with E-state index in [1.54, 1.807) is 33.9 Å². The van der Waals surface area contributed by atoms with Crippen molar-refractivity contribution in [3.63, 3.8) is 0 Å². The highest BCUT2D eigenvalue weighted by Crippen LogP contribution is 2.64. The fourth-order valence-corrected chi connectivity index (χ4v) is 8.10. The Balaban J connectivity index is 1.61. The molecule has 3 aliphatic rings. The SMILES string of the molecule is C=CCN(C)C(=O)[C@H]1[C@H]2C(=O)N([C@@H](CO)Cc3ccccc3)C(C(=O)N(CC=C)c3ccc(N(CC)CC)cc3)C23CC[C@]1(C)O3. The molecule has 6 atom stereocenters. The summed E-state index contributed by atoms with van der Waals surface area (Å²) in [6.07, 6.45) is 4.66. The summed E-state index contributed by atoms with van der Waals surface area (Å²) in [6, 6.07) is 15.7. The molecule has 3 heterocycles. The van der Waals surface area contributed by atoms with Crippen molar-refractivity contribution in [3.8, 4) is 0 Å². The van der Waals surface area contributed by atoms with Gasteiger partial charge in [-0.25, -0.2) is 0 Å². The Bertz CT molecular complexity index is 1440. The zero-order chi connectivity index (χ0) is 33.2. The van der Waals surface area contributed by atoms with Gasteiger partial charge in [0, 0.05) is 44.6 Å². The van der Waals surface area contributed by atoms with Crippen molar-refractivity contribution in [2.75, 3.05) is 49.6 Å². The highest BCUT2D eigenvalue weighted by Gasteiger charge is 2.78. The number of aliphatic hydroxyl groups is 1. The van der Waals surface area contributed by atoms with E-state index in [9.17, 15) is 14.7 Å². The van der Waals surface area contributed by atoms with Crippen LogP contribution in [0.2, 0.25) is 0 Å². The Morgan fingerprint density at radius 3 is 2.22 bits per heavy atom. The highest BCUT2D eigenvalue weighted by molar-refractivity contribution is 6.05. The predicted molar refractivity (Wildman–Crippen MR) is 180 cm³/mol. The number of benzene rings is 2. The molecule has 0 aromatic heterocycles. The number of hydrogen-bond acceptors (Lipinski definition) is 6. The number of fused-ring (bicyclic) bond motifs is 1. The molecule has 2 aromatic rings. The Morgan fingerprint density at radius 2 is 1.63 bits per heavy atom. The first-order valence-electron chi connectivity index (χ1n) is 16.4. The van der Waals surface area contributed by atoms with Crippen LogP contribution < -0.4 is 9.80 Å². The molecule has 9 nitrogen and oxygen atoms in total. The van der Waals surface area contributed by atoms with Crippen LogP contribution in [0.3, 0.4) is 0 Å². The van der Waals surface area contributed by atoms with Crippen LogP contribution >= 0.6 is 0 Å². The fraction of sp³-hybridized carbons (Fsp3) is 0.486. The number of carbonyl (C=O) groups is 3. The summed E-state index contributed by atoms with van der Waals surface area (Å²) in [5.74, 6) is -2.46. The fourth-order valence-electron chi connectivity index (χ4n) is 8.10. The van der Waals surface area contributed by atoms with E-state index in [4.69, 9.17) is 4.74 Å². The van der Waals surface area contributed by atoms with E-state index in [2.05, 4.69) is 31.9 Å². The monoisotopic (exact) mass is 628 g/mol. The highest BCUT2D eigenvalue weighted by atomic mass is 16.5. The molecule has 2 aromatic carbocycles. The lowest BCUT2D eigenvalue weighted by Crippen LogP contribution is -2.59. The summed E-state index contributed by atoms with van der Waals surface area (Å²) < 4.78 is 6.86. The van der Waals surface area contributed by atoms with E-state index in [0.29, 0.717) is 31.5 Å². The lowest BCUT2D eigenvalue weighted by Gasteiger charge is -2.39. The Kier molecular flexibility index (Phi) is 9.75. The van der Waals surface area contributed by atoms with Crippen molar-refractivity contribution < 1.29 is 24.2 Å². The van der Waals surface area contributed by atoms with Gasteiger partial charge in [0.15, 0.2) is 0 Å². The van der Waals surface area contributed by atoms with Gasteiger partial charge >= 0.3 is 0 Å². The molecule has 1 N–H and O–H groups in total. The maximum absolute atomic E-state index is 15.0. The number of amides is 3. The van der Waals surface area contributed by atoms with Gasteiger partial charge in [0.1, 0.15) is 11.6 Å². The minimum Gasteiger partial charge on any atom is -0.394 e. The molecule has 2 bridgehead atoms. The van der Waals surface area contributed by atoms with E-state index in [1.165, 1.54) is 0 Å². The molecule has 3 aliphatic heterocycles. The zero-order valence-electron chi connectivity index (χ0n) is 27.6. The number of aliphatic hydroxyl groups excluding tert-OH is 1. The van der Waals surface area contributed by atoms with Crippen LogP contribution in [0.4, 0.5) is 11.4 Å². The molecule has 9 heteroatoms. The third-order valence-electron chi connectivity index (χ3n) is 10.3. The Labute approximate surface area is 273 Å². The normalized spacial score (nSPS) is 26.8. The molecule has 3 fully saturated rings. The van der Waals surface area contributed by atoms with Crippen LogP contribution in [-0.2, 0) is 25.5 Å². The van der Waals surface area contributed by atoms with Crippen molar-refractivity contribution >= 4 is 29.1 Å². The van der Waals surface area contributed by atoms with Crippen molar-refractivity contribution in [1.29, 1.82) is 0 Å². The van der Waals surface area contributed by atoms with Crippen molar-refractivity contribution in [2.24, 2.45) is 11.8 Å². The van der Waals surface area contributed by atoms with Crippen LogP contribution in [0.25, 0.3) is 0 Å². The summed E-state index contributed by atoms with van der Waals surface area (Å²) >= 11 is 0. The number of hydrogen-bond donors (Lipinski definition) is 1. The van der Waals surface area contributed by atoms with E-state index in [1.807, 2.05) is 61.5 Å². The standard InChI is InChI=1S/C37H48N4O5/c1-7-22-38(6)33(43)30-31-34(44)41(29(25-42)24-26-14-12-11-13-15-26)32(37(31)21-20-36(30,5)46-37)35(45)40(23-8-2)28-18-16-27(17-19-28)39(9-3)10-4/h7-8,11-19,29-32,42H,1-2,9-10,20-25H2,3-6H3/t29-,30-,31+,32?,36+,37?/m1/s1. The summed E-state index contributed by atoms with van der Waals surface area (Å²) in [5, 5.41) is 10.8. The van der Waals surface area contributed by atoms with E-state index in [0.717, 1.165) is 24.3 Å². The van der Waals surface area contributed by atoms with Crippen LogP contribution in [0.1, 0.15) is 39.2 Å². The second-order valence-electron chi connectivity index (χ2n) is 12.9. The van der Waals surface area contributed by atoms with Gasteiger partial charge in [-0.3, -0.25) is 14.4 Å². The van der Waals surface area contributed by atoms with Crippen LogP contribution in [0, 0.1) is 11.8 Å². The minimum atomic E-state index is -1.22. The quantitative estimate of drug-likeness (QED) is 0.317. The zero-order valence-corrected chi connectivity index (χ0v) is 27.6. The molecule has 46 heavy (non-hydrogen) atoms. The molecule has 1 spiro atoms. The molecule has 5 rings (SSSR count). The van der Waals surface area contributed by atoms with Crippen LogP contribution in [-0.4, -0.2) is 95.7 Å². The first-order chi connectivity index (χ1) is 22.1. The molecule has 3 amide bonds. The van der Waals surface area contributed by atoms with E-state index >= 15 is 4.79 Å². The maximum atomic E-state index is 15.0. The first-order valence-corrected chi connectivity index (χ1v) is 16.4. The summed E-state index contributed by atoms with van der Waals surface area (Å²) in [5.41, 5.74) is 0.535. The topological polar surface area (TPSA) is 93.6 Å². The van der Waals surface area contributed by atoms with Crippen LogP contribution in [0.15, 0.2) is 79.9 Å². The molecule has 0 saturated carbocycles. The smallest absolute Gasteiger partial charge is 0.253 e. The second-order valence-corrected chi connectivity index (χ2v) is 12.9. The summed E-state index contributed by atoms with van der Waals surface area (Å²) in [4.78, 5) is 50.8. The Morgan fingerprint density at radius 1 is 1.00 bits per heavy atom. The third kappa shape index (κ3) is 5.53. The van der Waals surface area contributed by atoms with Gasteiger partial charge in [-0.2, -0.15) is 0 Å². The van der Waals surface area contributed by atoms with Gasteiger partial charge < -0.3 is 29.4 Å². The molecular formula is C37H48N4O5. The maximum Gasteiger partial charge on any atom is 0.253 e. The third-order valence-corrected chi connectivity index (χ3v) is 10.3. The van der Waals surface area contributed by atoms with Gasteiger partial charge in [0.05, 0.1) is 30.1 Å². The van der Waals surface area contributed by atoms with Crippen LogP contribution in [0.5, 0.6) is 0 Å². The van der Waals surface area contributed by atoms with Crippen molar-refractivity contribution in [2.45, 2.75) is 63.3 Å². The van der Waals surface area contributed by atoms with Gasteiger partial charge in [0.2, 0.25) is 11.8 Å². The number of likely N-dealkylation sites (tertiary alicyclic amines) is 1. The largest absolute Gasteiger partial charge is 0.394 e. The second kappa shape index (κ2) is 13.4. The molecule has 246 valence electrons. The van der Waals surface area contributed by atoms with Gasteiger partial charge in [-0.05, 0) is 69.9 Å². The molecule has 0 radical (unpaired) electrons. The number of nitrogens with zero attached hydrogens (tertiary/aromatic N) is 4. The van der Waals surface area contributed by atoms with Gasteiger partial charge in [0.25, 0.3) is 5.91 Å². The average molecular weight is 629 g/mol. The van der Waals surface area contributed by atoms with Crippen molar-refractivity contribution in [1.82, 2.24) is 9.80 Å². The van der Waals surface area contributed by atoms with E-state index in [-0.39, 0.29) is 30.9 Å². The predicted octanol–water partition coefficient (Wildman–Crippen LogP) is 4.06. The number of rotatable bonds is 14. The molecular weight excluding hydrogens is 580 g/mol. The molecule has 2 unspecified atom stereocenters. The number of likely N-dealkylation sites (N-methyl/N-ethyl adjacent to an activating group) is 1. The summed E-state index contributed by atoms with van der Waals surface area (Å²) in [6.45, 7) is 15.7. The van der Waals surface area contributed by atoms with E-state index < -0.39 is 35.1 Å². The van der Waals surface area contributed by atoms with Gasteiger partial charge in [-0.1, -0.05) is 42.5 Å². The minimum absolute atomic E-state index is 0.200. The Hall–Kier alpha value is -3.95. The lowest BCUT2D eigenvalue weighted by atomic mass is 9.66. The van der Waals surface area contributed by atoms with Crippen molar-refractivity contribution in [3.05, 3.63) is 85.5 Å². The first kappa shape index (κ1) is 33.4. The average Bonchev–Trinajstić information content (AvgIpc) is 3.64. The number of anilines is 2. The number of ether oxygens (including phenoxy) is 1.